The van der Waals surface area contributed by atoms with Crippen LogP contribution < -0.4 is 14.2 Å². The van der Waals surface area contributed by atoms with Crippen molar-refractivity contribution in [1.29, 1.82) is 0 Å². The van der Waals surface area contributed by atoms with Crippen molar-refractivity contribution >= 4 is 0 Å². The van der Waals surface area contributed by atoms with Crippen LogP contribution in [-0.4, -0.2) is 15.0 Å². The van der Waals surface area contributed by atoms with Gasteiger partial charge in [0, 0.05) is 0 Å². The maximum absolute atomic E-state index is 5.95. The Hall–Kier alpha value is -3.93. The third-order valence-electron chi connectivity index (χ3n) is 5.84. The summed E-state index contributed by atoms with van der Waals surface area (Å²) in [6, 6.07) is 23.8. The van der Waals surface area contributed by atoms with E-state index < -0.39 is 0 Å². The second kappa shape index (κ2) is 11.2. The molecule has 0 aliphatic rings. The SMILES string of the molecule is CC(C)c1ccc(Oc2nc(Oc3ccc(C(C)C)cc3)nc(Oc3ccc(C(C)C)cc3)n2)cc1. The minimum atomic E-state index is 0.0879. The Kier molecular flexibility index (Phi) is 7.84. The summed E-state index contributed by atoms with van der Waals surface area (Å²) in [6.45, 7) is 12.9. The average molecular weight is 484 g/mol. The fraction of sp³-hybridized carbons (Fsp3) is 0.300. The summed E-state index contributed by atoms with van der Waals surface area (Å²) in [6.07, 6.45) is 0. The summed E-state index contributed by atoms with van der Waals surface area (Å²) < 4.78 is 17.8. The standard InChI is InChI=1S/C30H33N3O3/c1-19(2)22-7-13-25(14-8-22)34-28-31-29(35-26-15-9-23(10-16-26)20(3)4)33-30(32-28)36-27-17-11-24(12-18-27)21(5)6/h7-21H,1-6H3. The minimum Gasteiger partial charge on any atom is -0.424 e. The van der Waals surface area contributed by atoms with Crippen LogP contribution in [0.5, 0.6) is 35.3 Å². The van der Waals surface area contributed by atoms with Gasteiger partial charge in [-0.05, 0) is 70.8 Å². The predicted molar refractivity (Wildman–Crippen MR) is 142 cm³/mol. The van der Waals surface area contributed by atoms with Crippen LogP contribution in [0.15, 0.2) is 72.8 Å². The number of rotatable bonds is 9. The zero-order valence-corrected chi connectivity index (χ0v) is 21.7. The second-order valence-electron chi connectivity index (χ2n) is 9.66. The molecular formula is C30H33N3O3. The molecule has 0 amide bonds. The van der Waals surface area contributed by atoms with Crippen LogP contribution in [0.4, 0.5) is 0 Å². The number of aromatic nitrogens is 3. The Morgan fingerprint density at radius 1 is 0.389 bits per heavy atom. The van der Waals surface area contributed by atoms with Gasteiger partial charge in [-0.3, -0.25) is 0 Å². The topological polar surface area (TPSA) is 66.4 Å². The van der Waals surface area contributed by atoms with Gasteiger partial charge in [0.05, 0.1) is 0 Å². The van der Waals surface area contributed by atoms with Crippen molar-refractivity contribution in [2.75, 3.05) is 0 Å². The first kappa shape index (κ1) is 25.2. The highest BCUT2D eigenvalue weighted by Gasteiger charge is 2.14. The lowest BCUT2D eigenvalue weighted by atomic mass is 10.0. The van der Waals surface area contributed by atoms with Crippen molar-refractivity contribution in [3.05, 3.63) is 89.5 Å². The Bertz CT molecular complexity index is 1090. The molecule has 36 heavy (non-hydrogen) atoms. The van der Waals surface area contributed by atoms with Gasteiger partial charge in [0.2, 0.25) is 0 Å². The van der Waals surface area contributed by atoms with E-state index in [9.17, 15) is 0 Å². The molecule has 0 aliphatic heterocycles. The van der Waals surface area contributed by atoms with Gasteiger partial charge < -0.3 is 14.2 Å². The van der Waals surface area contributed by atoms with E-state index in [0.29, 0.717) is 35.0 Å². The van der Waals surface area contributed by atoms with Crippen molar-refractivity contribution in [1.82, 2.24) is 15.0 Å². The van der Waals surface area contributed by atoms with E-state index >= 15 is 0 Å². The van der Waals surface area contributed by atoms with Crippen LogP contribution in [0.1, 0.15) is 76.0 Å². The van der Waals surface area contributed by atoms with E-state index in [1.807, 2.05) is 72.8 Å². The summed E-state index contributed by atoms with van der Waals surface area (Å²) in [7, 11) is 0. The molecule has 6 nitrogen and oxygen atoms in total. The largest absolute Gasteiger partial charge is 0.424 e. The van der Waals surface area contributed by atoms with Crippen molar-refractivity contribution in [2.45, 2.75) is 59.3 Å². The third-order valence-corrected chi connectivity index (χ3v) is 5.84. The molecule has 0 atom stereocenters. The highest BCUT2D eigenvalue weighted by Crippen LogP contribution is 2.29. The maximum atomic E-state index is 5.95. The quantitative estimate of drug-likeness (QED) is 0.237. The van der Waals surface area contributed by atoms with E-state index in [0.717, 1.165) is 0 Å². The Morgan fingerprint density at radius 3 is 0.806 bits per heavy atom. The lowest BCUT2D eigenvalue weighted by molar-refractivity contribution is 0.362. The van der Waals surface area contributed by atoms with E-state index in [1.54, 1.807) is 0 Å². The molecule has 0 N–H and O–H groups in total. The Balaban J connectivity index is 1.61. The van der Waals surface area contributed by atoms with Gasteiger partial charge in [-0.25, -0.2) is 0 Å². The molecule has 186 valence electrons. The Morgan fingerprint density at radius 2 is 0.611 bits per heavy atom. The zero-order chi connectivity index (χ0) is 25.7. The molecule has 0 unspecified atom stereocenters. The molecule has 0 saturated heterocycles. The third kappa shape index (κ3) is 6.60. The van der Waals surface area contributed by atoms with Gasteiger partial charge in [-0.15, -0.1) is 15.0 Å². The zero-order valence-electron chi connectivity index (χ0n) is 21.7. The van der Waals surface area contributed by atoms with Gasteiger partial charge in [0.25, 0.3) is 0 Å². The predicted octanol–water partition coefficient (Wildman–Crippen LogP) is 8.62. The molecule has 0 radical (unpaired) electrons. The molecule has 0 aliphatic carbocycles. The van der Waals surface area contributed by atoms with Crippen LogP contribution in [0.25, 0.3) is 0 Å². The molecule has 4 aromatic rings. The number of ether oxygens (including phenoxy) is 3. The van der Waals surface area contributed by atoms with Crippen LogP contribution in [0.3, 0.4) is 0 Å². The smallest absolute Gasteiger partial charge is 0.331 e. The van der Waals surface area contributed by atoms with E-state index in [-0.39, 0.29) is 18.0 Å². The first-order valence-corrected chi connectivity index (χ1v) is 12.4. The molecule has 0 spiro atoms. The molecule has 0 saturated carbocycles. The van der Waals surface area contributed by atoms with Crippen molar-refractivity contribution in [3.63, 3.8) is 0 Å². The van der Waals surface area contributed by atoms with Gasteiger partial charge in [-0.2, -0.15) is 0 Å². The molecule has 0 bridgehead atoms. The van der Waals surface area contributed by atoms with E-state index in [2.05, 4.69) is 56.5 Å². The van der Waals surface area contributed by atoms with Gasteiger partial charge >= 0.3 is 18.0 Å². The molecule has 1 aromatic heterocycles. The van der Waals surface area contributed by atoms with Gasteiger partial charge in [0.1, 0.15) is 17.2 Å². The van der Waals surface area contributed by atoms with Crippen LogP contribution in [0.2, 0.25) is 0 Å². The van der Waals surface area contributed by atoms with Crippen LogP contribution in [0, 0.1) is 0 Å². The van der Waals surface area contributed by atoms with E-state index in [4.69, 9.17) is 14.2 Å². The van der Waals surface area contributed by atoms with Gasteiger partial charge in [-0.1, -0.05) is 77.9 Å². The van der Waals surface area contributed by atoms with Crippen molar-refractivity contribution in [2.24, 2.45) is 0 Å². The molecular weight excluding hydrogens is 450 g/mol. The number of nitrogens with zero attached hydrogens (tertiary/aromatic N) is 3. The highest BCUT2D eigenvalue weighted by molar-refractivity contribution is 5.34. The molecule has 3 aromatic carbocycles. The molecule has 0 fully saturated rings. The van der Waals surface area contributed by atoms with E-state index in [1.165, 1.54) is 16.7 Å². The summed E-state index contributed by atoms with van der Waals surface area (Å²) in [4.78, 5) is 13.1. The lowest BCUT2D eigenvalue weighted by Crippen LogP contribution is -2.01. The molecule has 6 heteroatoms. The van der Waals surface area contributed by atoms with Gasteiger partial charge in [0.15, 0.2) is 0 Å². The lowest BCUT2D eigenvalue weighted by Gasteiger charge is -2.11. The molecule has 1 heterocycles. The van der Waals surface area contributed by atoms with Crippen LogP contribution >= 0.6 is 0 Å². The fourth-order valence-electron chi connectivity index (χ4n) is 3.54. The summed E-state index contributed by atoms with van der Waals surface area (Å²) in [5.74, 6) is 3.14. The van der Waals surface area contributed by atoms with Crippen LogP contribution in [-0.2, 0) is 0 Å². The first-order valence-electron chi connectivity index (χ1n) is 12.4. The second-order valence-corrected chi connectivity index (χ2v) is 9.66. The first-order chi connectivity index (χ1) is 17.3. The maximum Gasteiger partial charge on any atom is 0.331 e. The highest BCUT2D eigenvalue weighted by atomic mass is 16.5. The van der Waals surface area contributed by atoms with Crippen molar-refractivity contribution < 1.29 is 14.2 Å². The summed E-state index contributed by atoms with van der Waals surface area (Å²) in [5, 5.41) is 0. The Labute approximate surface area is 213 Å². The number of hydrogen-bond acceptors (Lipinski definition) is 6. The fourth-order valence-corrected chi connectivity index (χ4v) is 3.54. The monoisotopic (exact) mass is 483 g/mol. The number of benzene rings is 3. The molecule has 4 rings (SSSR count). The number of hydrogen-bond donors (Lipinski definition) is 0. The minimum absolute atomic E-state index is 0.0879. The summed E-state index contributed by atoms with van der Waals surface area (Å²) in [5.41, 5.74) is 3.67. The average Bonchev–Trinajstić information content (AvgIpc) is 2.85. The van der Waals surface area contributed by atoms with Crippen molar-refractivity contribution in [3.8, 4) is 35.3 Å². The summed E-state index contributed by atoms with van der Waals surface area (Å²) >= 11 is 0. The normalized spacial score (nSPS) is 11.2.